The van der Waals surface area contributed by atoms with E-state index in [9.17, 15) is 14.7 Å². The molecule has 3 atom stereocenters. The van der Waals surface area contributed by atoms with Crippen LogP contribution >= 0.6 is 0 Å². The molecule has 0 bridgehead atoms. The summed E-state index contributed by atoms with van der Waals surface area (Å²) in [6, 6.07) is 7.88. The van der Waals surface area contributed by atoms with Crippen molar-refractivity contribution in [2.45, 2.75) is 77.2 Å². The van der Waals surface area contributed by atoms with E-state index in [-0.39, 0.29) is 12.3 Å². The molecular weight excluding hydrogens is 352 g/mol. The Balaban J connectivity index is 1.73. The van der Waals surface area contributed by atoms with Crippen molar-refractivity contribution in [2.24, 2.45) is 11.8 Å². The lowest BCUT2D eigenvalue weighted by atomic mass is 9.86. The Morgan fingerprint density at radius 2 is 1.93 bits per heavy atom. The average molecular weight is 385 g/mol. The maximum atomic E-state index is 12.2. The van der Waals surface area contributed by atoms with Crippen LogP contribution in [0, 0.1) is 30.6 Å². The number of carboxylic acids is 1. The predicted molar refractivity (Wildman–Crippen MR) is 110 cm³/mol. The molecule has 1 aromatic rings. The van der Waals surface area contributed by atoms with Crippen molar-refractivity contribution in [3.05, 3.63) is 35.4 Å². The van der Waals surface area contributed by atoms with Gasteiger partial charge in [-0.2, -0.15) is 0 Å². The van der Waals surface area contributed by atoms with E-state index in [1.807, 2.05) is 31.2 Å². The lowest BCUT2D eigenvalue weighted by Crippen LogP contribution is -2.17. The number of aliphatic hydroxyl groups excluding tert-OH is 1. The van der Waals surface area contributed by atoms with Crippen LogP contribution in [0.5, 0.6) is 0 Å². The van der Waals surface area contributed by atoms with Crippen molar-refractivity contribution < 1.29 is 19.8 Å². The Kier molecular flexibility index (Phi) is 9.23. The highest BCUT2D eigenvalue weighted by Crippen LogP contribution is 2.36. The van der Waals surface area contributed by atoms with E-state index in [2.05, 4.69) is 11.8 Å². The summed E-state index contributed by atoms with van der Waals surface area (Å²) < 4.78 is 0. The molecule has 2 N–H and O–H groups in total. The lowest BCUT2D eigenvalue weighted by molar-refractivity contribution is -0.137. The van der Waals surface area contributed by atoms with E-state index >= 15 is 0 Å². The number of ketones is 1. The molecule has 0 spiro atoms. The van der Waals surface area contributed by atoms with Gasteiger partial charge in [0.1, 0.15) is 11.9 Å². The first-order valence-electron chi connectivity index (χ1n) is 10.5. The van der Waals surface area contributed by atoms with Gasteiger partial charge in [-0.05, 0) is 56.6 Å². The quantitative estimate of drug-likeness (QED) is 0.460. The van der Waals surface area contributed by atoms with E-state index in [1.54, 1.807) is 0 Å². The molecule has 0 radical (unpaired) electrons. The molecule has 1 aliphatic carbocycles. The number of Topliss-reactive ketones (excluding diaryl/α,β-unsaturated/α-hetero) is 1. The third-order valence-corrected chi connectivity index (χ3v) is 5.73. The summed E-state index contributed by atoms with van der Waals surface area (Å²) in [6.07, 6.45) is 7.04. The van der Waals surface area contributed by atoms with Crippen molar-refractivity contribution in [2.75, 3.05) is 0 Å². The molecule has 0 amide bonds. The molecule has 1 aromatic carbocycles. The predicted octanol–water partition coefficient (Wildman–Crippen LogP) is 4.51. The Morgan fingerprint density at radius 3 is 2.68 bits per heavy atom. The van der Waals surface area contributed by atoms with Gasteiger partial charge in [0.15, 0.2) is 0 Å². The molecule has 1 unspecified atom stereocenters. The first kappa shape index (κ1) is 22.2. The van der Waals surface area contributed by atoms with E-state index in [1.165, 1.54) is 0 Å². The minimum absolute atomic E-state index is 0.107. The van der Waals surface area contributed by atoms with Crippen molar-refractivity contribution >= 4 is 11.8 Å². The lowest BCUT2D eigenvalue weighted by Gasteiger charge is -2.18. The van der Waals surface area contributed by atoms with Gasteiger partial charge in [0, 0.05) is 24.3 Å². The van der Waals surface area contributed by atoms with Crippen LogP contribution in [0.15, 0.2) is 24.3 Å². The van der Waals surface area contributed by atoms with Gasteiger partial charge < -0.3 is 10.2 Å². The second-order valence-electron chi connectivity index (χ2n) is 7.90. The third kappa shape index (κ3) is 7.48. The van der Waals surface area contributed by atoms with Crippen LogP contribution < -0.4 is 0 Å². The van der Waals surface area contributed by atoms with Crippen molar-refractivity contribution in [1.29, 1.82) is 0 Å². The number of aliphatic carboxylic acids is 1. The Hall–Kier alpha value is -2.12. The summed E-state index contributed by atoms with van der Waals surface area (Å²) in [5.74, 6) is 6.07. The largest absolute Gasteiger partial charge is 0.481 e. The fourth-order valence-corrected chi connectivity index (χ4v) is 4.03. The number of rotatable bonds is 10. The van der Waals surface area contributed by atoms with Gasteiger partial charge >= 0.3 is 5.97 Å². The van der Waals surface area contributed by atoms with Gasteiger partial charge in [0.05, 0.1) is 0 Å². The SMILES string of the molecule is Cc1ccccc1C#CC(O)CC[C@H]1CCC(=O)[C@@H]1CCCCCCC(=O)O. The number of carbonyl (C=O) groups excluding carboxylic acids is 1. The maximum Gasteiger partial charge on any atom is 0.303 e. The Labute approximate surface area is 168 Å². The molecule has 4 heteroatoms. The van der Waals surface area contributed by atoms with E-state index in [0.29, 0.717) is 31.0 Å². The van der Waals surface area contributed by atoms with E-state index < -0.39 is 12.1 Å². The van der Waals surface area contributed by atoms with Gasteiger partial charge in [-0.3, -0.25) is 9.59 Å². The molecule has 28 heavy (non-hydrogen) atoms. The number of carboxylic acid groups (broad SMARTS) is 1. The van der Waals surface area contributed by atoms with Crippen molar-refractivity contribution in [3.8, 4) is 11.8 Å². The standard InChI is InChI=1S/C24H32O4/c1-18-8-6-7-9-19(18)12-15-21(25)16-13-20-14-17-23(26)22(20)10-4-2-3-5-11-24(27)28/h6-9,20-22,25H,2-5,10-11,13-14,16-17H2,1H3,(H,27,28)/t20-,21?,22+/m0/s1. The number of hydrogen-bond acceptors (Lipinski definition) is 3. The summed E-state index contributed by atoms with van der Waals surface area (Å²) in [5.41, 5.74) is 2.05. The minimum atomic E-state index is -0.741. The molecule has 1 saturated carbocycles. The van der Waals surface area contributed by atoms with Crippen LogP contribution in [-0.4, -0.2) is 28.1 Å². The third-order valence-electron chi connectivity index (χ3n) is 5.73. The molecule has 1 fully saturated rings. The van der Waals surface area contributed by atoms with E-state index in [0.717, 1.165) is 49.7 Å². The normalized spacial score (nSPS) is 19.9. The molecule has 0 saturated heterocycles. The highest BCUT2D eigenvalue weighted by molar-refractivity contribution is 5.83. The monoisotopic (exact) mass is 384 g/mol. The second-order valence-corrected chi connectivity index (χ2v) is 7.90. The molecule has 2 rings (SSSR count). The van der Waals surface area contributed by atoms with Gasteiger partial charge in [-0.15, -0.1) is 0 Å². The zero-order valence-electron chi connectivity index (χ0n) is 16.8. The Bertz CT molecular complexity index is 713. The summed E-state index contributed by atoms with van der Waals surface area (Å²) in [6.45, 7) is 2.01. The first-order chi connectivity index (χ1) is 13.5. The average Bonchev–Trinajstić information content (AvgIpc) is 3.01. The smallest absolute Gasteiger partial charge is 0.303 e. The van der Waals surface area contributed by atoms with Crippen molar-refractivity contribution in [3.63, 3.8) is 0 Å². The van der Waals surface area contributed by atoms with Crippen LogP contribution in [0.3, 0.4) is 0 Å². The van der Waals surface area contributed by atoms with Gasteiger partial charge in [-0.1, -0.05) is 49.3 Å². The van der Waals surface area contributed by atoms with Crippen molar-refractivity contribution in [1.82, 2.24) is 0 Å². The number of hydrogen-bond donors (Lipinski definition) is 2. The van der Waals surface area contributed by atoms with Crippen LogP contribution in [0.25, 0.3) is 0 Å². The van der Waals surface area contributed by atoms with Crippen LogP contribution in [0.1, 0.15) is 75.3 Å². The molecule has 1 aliphatic rings. The fraction of sp³-hybridized carbons (Fsp3) is 0.583. The minimum Gasteiger partial charge on any atom is -0.481 e. The zero-order valence-corrected chi connectivity index (χ0v) is 16.8. The van der Waals surface area contributed by atoms with Gasteiger partial charge in [0.25, 0.3) is 0 Å². The highest BCUT2D eigenvalue weighted by atomic mass is 16.4. The number of benzene rings is 1. The molecule has 0 heterocycles. The molecule has 4 nitrogen and oxygen atoms in total. The highest BCUT2D eigenvalue weighted by Gasteiger charge is 2.33. The number of aliphatic hydroxyl groups is 1. The maximum absolute atomic E-state index is 12.2. The molecule has 152 valence electrons. The second kappa shape index (κ2) is 11.7. The van der Waals surface area contributed by atoms with Gasteiger partial charge in [0.2, 0.25) is 0 Å². The molecule has 0 aliphatic heterocycles. The number of aryl methyl sites for hydroxylation is 1. The number of carbonyl (C=O) groups is 2. The summed E-state index contributed by atoms with van der Waals surface area (Å²) in [5, 5.41) is 18.9. The van der Waals surface area contributed by atoms with Crippen LogP contribution in [0.2, 0.25) is 0 Å². The van der Waals surface area contributed by atoms with E-state index in [4.69, 9.17) is 5.11 Å². The van der Waals surface area contributed by atoms with Crippen LogP contribution in [-0.2, 0) is 9.59 Å². The molecule has 0 aromatic heterocycles. The van der Waals surface area contributed by atoms with Gasteiger partial charge in [-0.25, -0.2) is 0 Å². The van der Waals surface area contributed by atoms with Crippen LogP contribution in [0.4, 0.5) is 0 Å². The summed E-state index contributed by atoms with van der Waals surface area (Å²) >= 11 is 0. The number of unbranched alkanes of at least 4 members (excludes halogenated alkanes) is 3. The fourth-order valence-electron chi connectivity index (χ4n) is 4.03. The molecular formula is C24H32O4. The summed E-state index contributed by atoms with van der Waals surface area (Å²) in [4.78, 5) is 22.7. The zero-order chi connectivity index (χ0) is 20.4. The topological polar surface area (TPSA) is 74.6 Å². The Morgan fingerprint density at radius 1 is 1.18 bits per heavy atom. The first-order valence-corrected chi connectivity index (χ1v) is 10.5. The summed E-state index contributed by atoms with van der Waals surface area (Å²) in [7, 11) is 0.